The van der Waals surface area contributed by atoms with Gasteiger partial charge in [0, 0.05) is 18.0 Å². The third-order valence-electron chi connectivity index (χ3n) is 6.17. The predicted molar refractivity (Wildman–Crippen MR) is 118 cm³/mol. The minimum atomic E-state index is 0.145. The lowest BCUT2D eigenvalue weighted by Crippen LogP contribution is -2.52. The summed E-state index contributed by atoms with van der Waals surface area (Å²) in [5.41, 5.74) is 1.58. The van der Waals surface area contributed by atoms with Gasteiger partial charge >= 0.3 is 0 Å². The molecule has 1 fully saturated rings. The molecule has 4 nitrogen and oxygen atoms in total. The van der Waals surface area contributed by atoms with Crippen LogP contribution in [0.1, 0.15) is 44.1 Å². The second-order valence-corrected chi connectivity index (χ2v) is 8.39. The van der Waals surface area contributed by atoms with E-state index in [1.165, 1.54) is 5.56 Å². The molecule has 4 heteroatoms. The Morgan fingerprint density at radius 1 is 1.03 bits per heavy atom. The number of likely N-dealkylation sites (N-methyl/N-ethyl adjacent to an activating group) is 1. The minimum absolute atomic E-state index is 0.145. The maximum absolute atomic E-state index is 12.3. The first-order valence-electron chi connectivity index (χ1n) is 10.8. The standard InChI is InChI=1S/C25H34N2O2/c1-27(2)25(20-21-10-5-3-6-11-21)17-15-22(16-18-25)26-24(28)14-9-19-29-23-12-7-4-8-13-23/h3-8,10-13,22H,9,14-20H2,1-2H3,(H,26,28). The van der Waals surface area contributed by atoms with Gasteiger partial charge in [-0.3, -0.25) is 4.79 Å². The summed E-state index contributed by atoms with van der Waals surface area (Å²) < 4.78 is 5.67. The second-order valence-electron chi connectivity index (χ2n) is 8.39. The Balaban J connectivity index is 1.40. The fourth-order valence-electron chi connectivity index (χ4n) is 4.30. The zero-order chi connectivity index (χ0) is 20.5. The number of para-hydroxylation sites is 1. The largest absolute Gasteiger partial charge is 0.494 e. The lowest BCUT2D eigenvalue weighted by Gasteiger charge is -2.45. The Morgan fingerprint density at radius 2 is 1.66 bits per heavy atom. The number of carbonyl (C=O) groups is 1. The van der Waals surface area contributed by atoms with Crippen molar-refractivity contribution in [2.45, 2.75) is 56.5 Å². The molecule has 1 amide bonds. The van der Waals surface area contributed by atoms with Crippen molar-refractivity contribution >= 4 is 5.91 Å². The first kappa shape index (κ1) is 21.4. The Hall–Kier alpha value is -2.33. The van der Waals surface area contributed by atoms with Gasteiger partial charge in [0.1, 0.15) is 5.75 Å². The molecule has 0 bridgehead atoms. The van der Waals surface area contributed by atoms with Gasteiger partial charge in [-0.1, -0.05) is 48.5 Å². The average Bonchev–Trinajstić information content (AvgIpc) is 2.74. The second kappa shape index (κ2) is 10.4. The van der Waals surface area contributed by atoms with Crippen LogP contribution in [0.4, 0.5) is 0 Å². The van der Waals surface area contributed by atoms with E-state index in [1.807, 2.05) is 30.3 Å². The van der Waals surface area contributed by atoms with Crippen LogP contribution >= 0.6 is 0 Å². The molecule has 1 aliphatic carbocycles. The van der Waals surface area contributed by atoms with Crippen molar-refractivity contribution in [2.24, 2.45) is 0 Å². The number of benzene rings is 2. The zero-order valence-corrected chi connectivity index (χ0v) is 17.8. The zero-order valence-electron chi connectivity index (χ0n) is 17.8. The predicted octanol–water partition coefficient (Wildman–Crippen LogP) is 4.45. The summed E-state index contributed by atoms with van der Waals surface area (Å²) >= 11 is 0. The van der Waals surface area contributed by atoms with E-state index >= 15 is 0 Å². The van der Waals surface area contributed by atoms with Crippen LogP contribution in [0.5, 0.6) is 5.75 Å². The molecule has 0 atom stereocenters. The van der Waals surface area contributed by atoms with Gasteiger partial charge in [0.05, 0.1) is 6.61 Å². The van der Waals surface area contributed by atoms with Crippen LogP contribution in [0, 0.1) is 0 Å². The molecule has 1 N–H and O–H groups in total. The highest BCUT2D eigenvalue weighted by molar-refractivity contribution is 5.76. The van der Waals surface area contributed by atoms with E-state index in [-0.39, 0.29) is 11.4 Å². The van der Waals surface area contributed by atoms with Crippen molar-refractivity contribution < 1.29 is 9.53 Å². The van der Waals surface area contributed by atoms with Crippen molar-refractivity contribution in [3.63, 3.8) is 0 Å². The van der Waals surface area contributed by atoms with E-state index < -0.39 is 0 Å². The first-order valence-corrected chi connectivity index (χ1v) is 10.8. The van der Waals surface area contributed by atoms with Gasteiger partial charge in [-0.2, -0.15) is 0 Å². The van der Waals surface area contributed by atoms with E-state index in [9.17, 15) is 4.79 Å². The first-order chi connectivity index (χ1) is 14.1. The number of hydrogen-bond donors (Lipinski definition) is 1. The fraction of sp³-hybridized carbons (Fsp3) is 0.480. The Morgan fingerprint density at radius 3 is 2.28 bits per heavy atom. The van der Waals surface area contributed by atoms with Gasteiger partial charge in [-0.25, -0.2) is 0 Å². The minimum Gasteiger partial charge on any atom is -0.494 e. The Kier molecular flexibility index (Phi) is 7.70. The monoisotopic (exact) mass is 394 g/mol. The topological polar surface area (TPSA) is 41.6 Å². The SMILES string of the molecule is CN(C)C1(Cc2ccccc2)CCC(NC(=O)CCCOc2ccccc2)CC1. The number of ether oxygens (including phenoxy) is 1. The maximum atomic E-state index is 12.3. The molecule has 1 aliphatic rings. The van der Waals surface area contributed by atoms with Gasteiger partial charge in [0.2, 0.25) is 5.91 Å². The normalized spacial score (nSPS) is 21.7. The number of rotatable bonds is 9. The number of amides is 1. The molecule has 2 aromatic carbocycles. The highest BCUT2D eigenvalue weighted by atomic mass is 16.5. The van der Waals surface area contributed by atoms with E-state index in [0.29, 0.717) is 19.1 Å². The molecule has 1 saturated carbocycles. The molecule has 0 heterocycles. The number of nitrogens with one attached hydrogen (secondary N) is 1. The molecule has 156 valence electrons. The quantitative estimate of drug-likeness (QED) is 0.639. The van der Waals surface area contributed by atoms with Gasteiger partial charge in [-0.05, 0) is 70.3 Å². The maximum Gasteiger partial charge on any atom is 0.220 e. The molecule has 0 saturated heterocycles. The van der Waals surface area contributed by atoms with Crippen molar-refractivity contribution in [1.29, 1.82) is 0 Å². The smallest absolute Gasteiger partial charge is 0.220 e. The molecule has 0 spiro atoms. The van der Waals surface area contributed by atoms with Crippen LogP contribution in [-0.4, -0.2) is 43.1 Å². The summed E-state index contributed by atoms with van der Waals surface area (Å²) in [5.74, 6) is 1.01. The average molecular weight is 395 g/mol. The number of nitrogens with zero attached hydrogens (tertiary/aromatic N) is 1. The summed E-state index contributed by atoms with van der Waals surface area (Å²) in [4.78, 5) is 14.7. The van der Waals surface area contributed by atoms with E-state index in [0.717, 1.165) is 44.3 Å². The molecule has 3 rings (SSSR count). The van der Waals surface area contributed by atoms with Gasteiger partial charge in [0.15, 0.2) is 0 Å². The van der Waals surface area contributed by atoms with Crippen LogP contribution in [0.3, 0.4) is 0 Å². The number of hydrogen-bond acceptors (Lipinski definition) is 3. The highest BCUT2D eigenvalue weighted by Gasteiger charge is 2.37. The van der Waals surface area contributed by atoms with E-state index in [4.69, 9.17) is 4.74 Å². The summed E-state index contributed by atoms with van der Waals surface area (Å²) in [6.07, 6.45) is 6.62. The third kappa shape index (κ3) is 6.33. The van der Waals surface area contributed by atoms with Gasteiger partial charge in [0.25, 0.3) is 0 Å². The van der Waals surface area contributed by atoms with Crippen LogP contribution in [-0.2, 0) is 11.2 Å². The van der Waals surface area contributed by atoms with Crippen LogP contribution in [0.25, 0.3) is 0 Å². The summed E-state index contributed by atoms with van der Waals surface area (Å²) in [6.45, 7) is 0.572. The van der Waals surface area contributed by atoms with Gasteiger partial charge < -0.3 is 15.0 Å². The molecule has 0 aromatic heterocycles. The lowest BCUT2D eigenvalue weighted by atomic mass is 9.75. The molecule has 0 unspecified atom stereocenters. The Bertz CT molecular complexity index is 738. The summed E-state index contributed by atoms with van der Waals surface area (Å²) in [7, 11) is 4.38. The van der Waals surface area contributed by atoms with Gasteiger partial charge in [-0.15, -0.1) is 0 Å². The van der Waals surface area contributed by atoms with Crippen molar-refractivity contribution in [1.82, 2.24) is 10.2 Å². The van der Waals surface area contributed by atoms with E-state index in [1.54, 1.807) is 0 Å². The molecule has 0 aliphatic heterocycles. The van der Waals surface area contributed by atoms with Crippen molar-refractivity contribution in [3.05, 3.63) is 66.2 Å². The molecular weight excluding hydrogens is 360 g/mol. The molecule has 0 radical (unpaired) electrons. The third-order valence-corrected chi connectivity index (χ3v) is 6.17. The molecule has 2 aromatic rings. The van der Waals surface area contributed by atoms with Crippen LogP contribution in [0.2, 0.25) is 0 Å². The van der Waals surface area contributed by atoms with Crippen molar-refractivity contribution in [3.8, 4) is 5.75 Å². The van der Waals surface area contributed by atoms with Crippen molar-refractivity contribution in [2.75, 3.05) is 20.7 Å². The van der Waals surface area contributed by atoms with E-state index in [2.05, 4.69) is 54.6 Å². The van der Waals surface area contributed by atoms with Crippen LogP contribution in [0.15, 0.2) is 60.7 Å². The lowest BCUT2D eigenvalue weighted by molar-refractivity contribution is -0.122. The molecule has 29 heavy (non-hydrogen) atoms. The summed E-state index contributed by atoms with van der Waals surface area (Å²) in [6, 6.07) is 20.8. The fourth-order valence-corrected chi connectivity index (χ4v) is 4.30. The Labute approximate surface area is 175 Å². The number of carbonyl (C=O) groups excluding carboxylic acids is 1. The summed E-state index contributed by atoms with van der Waals surface area (Å²) in [5, 5.41) is 3.25. The highest BCUT2D eigenvalue weighted by Crippen LogP contribution is 2.35. The van der Waals surface area contributed by atoms with Crippen LogP contribution < -0.4 is 10.1 Å². The molecular formula is C25H34N2O2.